The average Bonchev–Trinajstić information content (AvgIpc) is 2.71. The number of nitrogens with one attached hydrogen (secondary N) is 1. The van der Waals surface area contributed by atoms with E-state index in [4.69, 9.17) is 9.47 Å². The van der Waals surface area contributed by atoms with Crippen LogP contribution in [-0.2, 0) is 4.74 Å². The maximum absolute atomic E-state index is 12.5. The number of rotatable bonds is 4. The molecular weight excluding hydrogens is 378 g/mol. The van der Waals surface area contributed by atoms with Crippen LogP contribution < -0.4 is 10.1 Å². The molecule has 0 spiro atoms. The van der Waals surface area contributed by atoms with Crippen molar-refractivity contribution in [1.29, 1.82) is 0 Å². The van der Waals surface area contributed by atoms with Crippen molar-refractivity contribution in [3.05, 3.63) is 69.8 Å². The van der Waals surface area contributed by atoms with Crippen molar-refractivity contribution in [3.8, 4) is 5.75 Å². The molecule has 1 saturated heterocycles. The van der Waals surface area contributed by atoms with Gasteiger partial charge in [-0.3, -0.25) is 15.0 Å². The van der Waals surface area contributed by atoms with Gasteiger partial charge in [-0.1, -0.05) is 18.2 Å². The van der Waals surface area contributed by atoms with E-state index in [0.29, 0.717) is 5.75 Å². The number of nitro groups is 1. The Labute approximate surface area is 166 Å². The van der Waals surface area contributed by atoms with E-state index in [0.717, 1.165) is 5.56 Å². The molecule has 2 amide bonds. The van der Waals surface area contributed by atoms with Crippen LogP contribution in [0.25, 0.3) is 0 Å². The Balaban J connectivity index is 1.57. The number of esters is 1. The molecule has 29 heavy (non-hydrogen) atoms. The Bertz CT molecular complexity index is 992. The van der Waals surface area contributed by atoms with Crippen LogP contribution in [0.4, 0.5) is 10.5 Å². The van der Waals surface area contributed by atoms with Gasteiger partial charge in [-0.2, -0.15) is 0 Å². The predicted octanol–water partition coefficient (Wildman–Crippen LogP) is 2.87. The average molecular weight is 397 g/mol. The fourth-order valence-corrected chi connectivity index (χ4v) is 3.80. The summed E-state index contributed by atoms with van der Waals surface area (Å²) in [5, 5.41) is 13.7. The van der Waals surface area contributed by atoms with Crippen LogP contribution in [0, 0.1) is 16.0 Å². The second-order valence-corrected chi connectivity index (χ2v) is 7.19. The van der Waals surface area contributed by atoms with Crippen molar-refractivity contribution in [2.75, 3.05) is 13.7 Å². The zero-order valence-electron chi connectivity index (χ0n) is 15.8. The first-order chi connectivity index (χ1) is 13.8. The number of benzene rings is 2. The van der Waals surface area contributed by atoms with Crippen LogP contribution in [0.15, 0.2) is 48.5 Å². The van der Waals surface area contributed by atoms with E-state index >= 15 is 0 Å². The van der Waals surface area contributed by atoms with E-state index in [9.17, 15) is 19.7 Å². The van der Waals surface area contributed by atoms with E-state index in [1.54, 1.807) is 14.0 Å². The fourth-order valence-electron chi connectivity index (χ4n) is 3.80. The monoisotopic (exact) mass is 397 g/mol. The highest BCUT2D eigenvalue weighted by Crippen LogP contribution is 2.47. The van der Waals surface area contributed by atoms with Crippen molar-refractivity contribution < 1.29 is 24.0 Å². The third-order valence-electron chi connectivity index (χ3n) is 5.62. The molecule has 2 aromatic rings. The number of fused-ring (bicyclic) bond motifs is 4. The molecule has 0 saturated carbocycles. The topological polar surface area (TPSA) is 111 Å². The van der Waals surface area contributed by atoms with Gasteiger partial charge < -0.3 is 14.8 Å². The van der Waals surface area contributed by atoms with E-state index in [1.807, 2.05) is 24.3 Å². The first-order valence-corrected chi connectivity index (χ1v) is 9.05. The van der Waals surface area contributed by atoms with Gasteiger partial charge in [-0.25, -0.2) is 9.59 Å². The number of hydrogen-bond donors (Lipinski definition) is 1. The lowest BCUT2D eigenvalue weighted by Crippen LogP contribution is -2.69. The zero-order chi connectivity index (χ0) is 20.8. The number of carbonyl (C=O) groups excluding carboxylic acids is 2. The molecule has 9 nitrogen and oxygen atoms in total. The Morgan fingerprint density at radius 3 is 2.66 bits per heavy atom. The molecule has 3 atom stereocenters. The van der Waals surface area contributed by atoms with Gasteiger partial charge in [0.05, 0.1) is 22.4 Å². The summed E-state index contributed by atoms with van der Waals surface area (Å²) < 4.78 is 11.7. The molecule has 4 rings (SSSR count). The van der Waals surface area contributed by atoms with Crippen molar-refractivity contribution in [3.63, 3.8) is 0 Å². The summed E-state index contributed by atoms with van der Waals surface area (Å²) in [5.41, 5.74) is -0.0784. The number of hydrogen-bond acceptors (Lipinski definition) is 6. The third kappa shape index (κ3) is 3.04. The fraction of sp³-hybridized carbons (Fsp3) is 0.300. The van der Waals surface area contributed by atoms with Crippen LogP contribution in [0.1, 0.15) is 28.9 Å². The van der Waals surface area contributed by atoms with Gasteiger partial charge in [0, 0.05) is 24.7 Å². The molecule has 9 heteroatoms. The number of ether oxygens (including phenoxy) is 2. The number of carbonyl (C=O) groups is 2. The predicted molar refractivity (Wildman–Crippen MR) is 101 cm³/mol. The molecule has 2 aliphatic heterocycles. The molecule has 2 heterocycles. The molecule has 0 aliphatic carbocycles. The minimum atomic E-state index is -1.00. The highest BCUT2D eigenvalue weighted by atomic mass is 16.6. The van der Waals surface area contributed by atoms with Gasteiger partial charge in [-0.15, -0.1) is 0 Å². The minimum Gasteiger partial charge on any atom is -0.467 e. The lowest BCUT2D eigenvalue weighted by atomic mass is 9.80. The first kappa shape index (κ1) is 18.7. The SMILES string of the molecule is CN1C(=O)N[C@@H]2c3ccccc3O[C@@]1(C)[C@@H]2COC(=O)c1ccc([N+](=O)[O-])cc1. The van der Waals surface area contributed by atoms with Gasteiger partial charge in [0.15, 0.2) is 5.72 Å². The Morgan fingerprint density at radius 2 is 1.97 bits per heavy atom. The van der Waals surface area contributed by atoms with Crippen molar-refractivity contribution in [2.45, 2.75) is 18.7 Å². The van der Waals surface area contributed by atoms with Crippen LogP contribution in [0.2, 0.25) is 0 Å². The Hall–Kier alpha value is -3.62. The largest absolute Gasteiger partial charge is 0.467 e. The lowest BCUT2D eigenvalue weighted by molar-refractivity contribution is -0.384. The highest BCUT2D eigenvalue weighted by molar-refractivity contribution is 5.89. The van der Waals surface area contributed by atoms with Crippen LogP contribution in [0.3, 0.4) is 0 Å². The summed E-state index contributed by atoms with van der Waals surface area (Å²) in [6.07, 6.45) is 0. The van der Waals surface area contributed by atoms with Gasteiger partial charge in [-0.05, 0) is 25.1 Å². The maximum atomic E-state index is 12.5. The number of para-hydroxylation sites is 1. The quantitative estimate of drug-likeness (QED) is 0.482. The molecular formula is C20H19N3O6. The molecule has 1 fully saturated rings. The molecule has 150 valence electrons. The maximum Gasteiger partial charge on any atom is 0.338 e. The molecule has 0 radical (unpaired) electrons. The third-order valence-corrected chi connectivity index (χ3v) is 5.62. The summed E-state index contributed by atoms with van der Waals surface area (Å²) in [6.45, 7) is 1.79. The summed E-state index contributed by atoms with van der Waals surface area (Å²) in [5.74, 6) is -0.290. The van der Waals surface area contributed by atoms with Crippen molar-refractivity contribution >= 4 is 17.7 Å². The molecule has 0 aromatic heterocycles. The lowest BCUT2D eigenvalue weighted by Gasteiger charge is -2.54. The molecule has 2 bridgehead atoms. The minimum absolute atomic E-state index is 0.00403. The smallest absolute Gasteiger partial charge is 0.338 e. The standard InChI is InChI=1S/C20H19N3O6/c1-20-15(11-28-18(24)12-7-9-13(10-8-12)23(26)27)17(21-19(25)22(20)2)14-5-3-4-6-16(14)29-20/h3-10,15,17H,11H2,1-2H3,(H,21,25)/t15-,17-,20+/m1/s1. The van der Waals surface area contributed by atoms with E-state index in [1.165, 1.54) is 29.2 Å². The normalized spacial score (nSPS) is 24.8. The Morgan fingerprint density at radius 1 is 1.28 bits per heavy atom. The number of non-ortho nitro benzene ring substituents is 1. The first-order valence-electron chi connectivity index (χ1n) is 9.05. The van der Waals surface area contributed by atoms with E-state index < -0.39 is 16.6 Å². The van der Waals surface area contributed by atoms with Crippen LogP contribution >= 0.6 is 0 Å². The van der Waals surface area contributed by atoms with Gasteiger partial charge >= 0.3 is 12.0 Å². The van der Waals surface area contributed by atoms with Gasteiger partial charge in [0.2, 0.25) is 0 Å². The van der Waals surface area contributed by atoms with Gasteiger partial charge in [0.25, 0.3) is 5.69 Å². The summed E-state index contributed by atoms with van der Waals surface area (Å²) in [4.78, 5) is 36.5. The zero-order valence-corrected chi connectivity index (χ0v) is 15.8. The van der Waals surface area contributed by atoms with E-state index in [-0.39, 0.29) is 35.8 Å². The number of urea groups is 1. The van der Waals surface area contributed by atoms with E-state index in [2.05, 4.69) is 5.32 Å². The number of amides is 2. The van der Waals surface area contributed by atoms with Crippen molar-refractivity contribution in [2.24, 2.45) is 5.92 Å². The summed E-state index contributed by atoms with van der Waals surface area (Å²) >= 11 is 0. The van der Waals surface area contributed by atoms with Crippen molar-refractivity contribution in [1.82, 2.24) is 10.2 Å². The Kier molecular flexibility index (Phi) is 4.37. The van der Waals surface area contributed by atoms with Gasteiger partial charge in [0.1, 0.15) is 12.4 Å². The number of nitro benzene ring substituents is 1. The molecule has 2 aliphatic rings. The number of nitrogens with zero attached hydrogens (tertiary/aromatic N) is 2. The summed E-state index contributed by atoms with van der Waals surface area (Å²) in [6, 6.07) is 12.0. The second kappa shape index (κ2) is 6.77. The van der Waals surface area contributed by atoms with Crippen LogP contribution in [0.5, 0.6) is 5.75 Å². The molecule has 2 aromatic carbocycles. The van der Waals surface area contributed by atoms with Crippen LogP contribution in [-0.4, -0.2) is 41.2 Å². The molecule has 0 unspecified atom stereocenters. The second-order valence-electron chi connectivity index (χ2n) is 7.19. The molecule has 1 N–H and O–H groups in total. The summed E-state index contributed by atoms with van der Waals surface area (Å²) in [7, 11) is 1.63. The highest BCUT2D eigenvalue weighted by Gasteiger charge is 2.55.